The summed E-state index contributed by atoms with van der Waals surface area (Å²) < 4.78 is 0. The van der Waals surface area contributed by atoms with Crippen LogP contribution in [0.15, 0.2) is 29.4 Å². The van der Waals surface area contributed by atoms with Gasteiger partial charge in [-0.25, -0.2) is 16.1 Å². The van der Waals surface area contributed by atoms with Gasteiger partial charge in [0.1, 0.15) is 5.75 Å². The van der Waals surface area contributed by atoms with E-state index in [-0.39, 0.29) is 5.75 Å². The van der Waals surface area contributed by atoms with Crippen molar-refractivity contribution in [3.05, 3.63) is 29.8 Å². The smallest absolute Gasteiger partial charge is 0.349 e. The summed E-state index contributed by atoms with van der Waals surface area (Å²) >= 11 is 0. The average Bonchev–Trinajstić information content (AvgIpc) is 2.25. The molecular weight excluding hydrogens is 196 g/mol. The largest absolute Gasteiger partial charge is 0.508 e. The van der Waals surface area contributed by atoms with Crippen molar-refractivity contribution in [2.45, 2.75) is 6.92 Å². The Bertz CT molecular complexity index is 389. The second-order valence-electron chi connectivity index (χ2n) is 2.83. The van der Waals surface area contributed by atoms with E-state index in [9.17, 15) is 9.90 Å². The number of hydrazone groups is 1. The Labute approximate surface area is 86.8 Å². The minimum Gasteiger partial charge on any atom is -0.508 e. The van der Waals surface area contributed by atoms with Crippen molar-refractivity contribution in [1.82, 2.24) is 10.9 Å². The second-order valence-corrected chi connectivity index (χ2v) is 2.83. The molecule has 15 heavy (non-hydrogen) atoms. The highest BCUT2D eigenvalue weighted by Gasteiger charge is 1.99. The summed E-state index contributed by atoms with van der Waals surface area (Å²) in [5.74, 6) is 4.99. The zero-order valence-electron chi connectivity index (χ0n) is 8.19. The monoisotopic (exact) mass is 208 g/mol. The van der Waals surface area contributed by atoms with Gasteiger partial charge in [-0.2, -0.15) is 5.10 Å². The topological polar surface area (TPSA) is 99.7 Å². The Kier molecular flexibility index (Phi) is 3.64. The number of aromatic hydroxyl groups is 1. The van der Waals surface area contributed by atoms with Crippen LogP contribution >= 0.6 is 0 Å². The predicted molar refractivity (Wildman–Crippen MR) is 56.2 cm³/mol. The molecule has 1 aromatic carbocycles. The molecule has 0 aliphatic heterocycles. The number of urea groups is 1. The lowest BCUT2D eigenvalue weighted by molar-refractivity contribution is 0.241. The van der Waals surface area contributed by atoms with E-state index >= 15 is 0 Å². The molecule has 0 heterocycles. The maximum absolute atomic E-state index is 10.7. The number of carbonyl (C=O) groups excluding carboxylic acids is 1. The molecule has 0 unspecified atom stereocenters. The van der Waals surface area contributed by atoms with Gasteiger partial charge in [0.25, 0.3) is 0 Å². The number of benzene rings is 1. The highest BCUT2D eigenvalue weighted by atomic mass is 16.3. The zero-order chi connectivity index (χ0) is 11.3. The number of nitrogens with two attached hydrogens (primary N) is 1. The van der Waals surface area contributed by atoms with E-state index in [1.807, 2.05) is 5.43 Å². The molecule has 5 N–H and O–H groups in total. The van der Waals surface area contributed by atoms with Gasteiger partial charge in [-0.3, -0.25) is 5.43 Å². The lowest BCUT2D eigenvalue weighted by Gasteiger charge is -2.02. The molecule has 0 aromatic heterocycles. The Hall–Kier alpha value is -2.08. The minimum absolute atomic E-state index is 0.144. The molecule has 80 valence electrons. The predicted octanol–water partition coefficient (Wildman–Crippen LogP) is 0.289. The molecule has 0 bridgehead atoms. The highest BCUT2D eigenvalue weighted by molar-refractivity contribution is 5.99. The van der Waals surface area contributed by atoms with Crippen LogP contribution in [0.4, 0.5) is 4.79 Å². The molecule has 0 saturated heterocycles. The Morgan fingerprint density at radius 2 is 2.27 bits per heavy atom. The molecule has 0 fully saturated rings. The lowest BCUT2D eigenvalue weighted by Crippen LogP contribution is -2.37. The third-order valence-electron chi connectivity index (χ3n) is 1.72. The number of nitrogens with zero attached hydrogens (tertiary/aromatic N) is 1. The number of hydrogen-bond donors (Lipinski definition) is 4. The van der Waals surface area contributed by atoms with Gasteiger partial charge in [0.2, 0.25) is 0 Å². The molecule has 0 saturated carbocycles. The Morgan fingerprint density at radius 1 is 1.53 bits per heavy atom. The number of carbonyl (C=O) groups is 1. The molecule has 0 aliphatic carbocycles. The van der Waals surface area contributed by atoms with Gasteiger partial charge >= 0.3 is 6.03 Å². The minimum atomic E-state index is -0.602. The number of hydrogen-bond acceptors (Lipinski definition) is 4. The average molecular weight is 208 g/mol. The molecule has 0 aliphatic rings. The lowest BCUT2D eigenvalue weighted by atomic mass is 10.1. The number of rotatable bonds is 2. The quantitative estimate of drug-likeness (QED) is 0.243. The first-order chi connectivity index (χ1) is 7.13. The van der Waals surface area contributed by atoms with Crippen LogP contribution in [0.1, 0.15) is 12.5 Å². The molecule has 6 heteroatoms. The molecule has 2 amide bonds. The van der Waals surface area contributed by atoms with E-state index in [0.717, 1.165) is 0 Å². The van der Waals surface area contributed by atoms with Crippen molar-refractivity contribution in [1.29, 1.82) is 0 Å². The Balaban J connectivity index is 2.75. The van der Waals surface area contributed by atoms with Crippen LogP contribution in [0, 0.1) is 0 Å². The molecule has 0 radical (unpaired) electrons. The number of phenols is 1. The number of amides is 2. The van der Waals surface area contributed by atoms with Crippen molar-refractivity contribution < 1.29 is 9.90 Å². The van der Waals surface area contributed by atoms with Crippen LogP contribution in [-0.2, 0) is 0 Å². The summed E-state index contributed by atoms with van der Waals surface area (Å²) in [5.41, 5.74) is 5.34. The van der Waals surface area contributed by atoms with Crippen molar-refractivity contribution in [3.8, 4) is 5.75 Å². The maximum atomic E-state index is 10.7. The standard InChI is InChI=1S/C9H12N4O2/c1-6(12-13-9(15)11-10)7-3-2-4-8(14)5-7/h2-5,14H,10H2,1H3,(H2,11,13,15). The molecule has 6 nitrogen and oxygen atoms in total. The molecule has 0 atom stereocenters. The molecule has 0 spiro atoms. The summed E-state index contributed by atoms with van der Waals surface area (Å²) in [7, 11) is 0. The molecule has 1 aromatic rings. The van der Waals surface area contributed by atoms with Gasteiger partial charge in [-0.15, -0.1) is 0 Å². The van der Waals surface area contributed by atoms with Gasteiger partial charge in [0.05, 0.1) is 5.71 Å². The van der Waals surface area contributed by atoms with E-state index < -0.39 is 6.03 Å². The first-order valence-corrected chi connectivity index (χ1v) is 4.23. The van der Waals surface area contributed by atoms with Crippen LogP contribution in [0.2, 0.25) is 0 Å². The maximum Gasteiger partial charge on any atom is 0.349 e. The van der Waals surface area contributed by atoms with Gasteiger partial charge in [0, 0.05) is 5.56 Å². The van der Waals surface area contributed by atoms with Crippen LogP contribution in [-0.4, -0.2) is 16.8 Å². The van der Waals surface area contributed by atoms with Crippen molar-refractivity contribution in [2.24, 2.45) is 10.9 Å². The number of phenolic OH excluding ortho intramolecular Hbond substituents is 1. The SMILES string of the molecule is CC(=NNC(=O)NN)c1cccc(O)c1. The van der Waals surface area contributed by atoms with Crippen LogP contribution in [0.3, 0.4) is 0 Å². The van der Waals surface area contributed by atoms with Gasteiger partial charge in [-0.05, 0) is 19.1 Å². The van der Waals surface area contributed by atoms with E-state index in [1.165, 1.54) is 0 Å². The summed E-state index contributed by atoms with van der Waals surface area (Å²) in [6.45, 7) is 1.70. The normalized spacial score (nSPS) is 10.9. The molecule has 1 rings (SSSR count). The first kappa shape index (κ1) is 11.0. The van der Waals surface area contributed by atoms with Crippen molar-refractivity contribution in [2.75, 3.05) is 0 Å². The van der Waals surface area contributed by atoms with Crippen LogP contribution in [0.5, 0.6) is 5.75 Å². The Morgan fingerprint density at radius 3 is 2.87 bits per heavy atom. The third-order valence-corrected chi connectivity index (χ3v) is 1.72. The van der Waals surface area contributed by atoms with Gasteiger partial charge in [-0.1, -0.05) is 12.1 Å². The summed E-state index contributed by atoms with van der Waals surface area (Å²) in [6.07, 6.45) is 0. The third kappa shape index (κ3) is 3.28. The van der Waals surface area contributed by atoms with E-state index in [2.05, 4.69) is 10.5 Å². The van der Waals surface area contributed by atoms with Gasteiger partial charge < -0.3 is 5.11 Å². The summed E-state index contributed by atoms with van der Waals surface area (Å²) in [6, 6.07) is 5.94. The van der Waals surface area contributed by atoms with Gasteiger partial charge in [0.15, 0.2) is 0 Å². The summed E-state index contributed by atoms with van der Waals surface area (Å²) in [5, 5.41) is 13.0. The number of nitrogens with one attached hydrogen (secondary N) is 2. The highest BCUT2D eigenvalue weighted by Crippen LogP contribution is 2.11. The van der Waals surface area contributed by atoms with Crippen LogP contribution < -0.4 is 16.7 Å². The van der Waals surface area contributed by atoms with E-state index in [1.54, 1.807) is 31.2 Å². The van der Waals surface area contributed by atoms with E-state index in [4.69, 9.17) is 5.84 Å². The fourth-order valence-corrected chi connectivity index (χ4v) is 0.962. The fourth-order valence-electron chi connectivity index (χ4n) is 0.962. The number of hydrazine groups is 1. The first-order valence-electron chi connectivity index (χ1n) is 4.23. The van der Waals surface area contributed by atoms with Crippen molar-refractivity contribution >= 4 is 11.7 Å². The van der Waals surface area contributed by atoms with Crippen LogP contribution in [0.25, 0.3) is 0 Å². The second kappa shape index (κ2) is 4.97. The van der Waals surface area contributed by atoms with E-state index in [0.29, 0.717) is 11.3 Å². The zero-order valence-corrected chi connectivity index (χ0v) is 8.19. The fraction of sp³-hybridized carbons (Fsp3) is 0.111. The summed E-state index contributed by atoms with van der Waals surface area (Å²) in [4.78, 5) is 10.7. The van der Waals surface area contributed by atoms with Crippen molar-refractivity contribution in [3.63, 3.8) is 0 Å². The molecular formula is C9H12N4O2.